The minimum absolute atomic E-state index is 0.00827. The third-order valence-corrected chi connectivity index (χ3v) is 9.60. The van der Waals surface area contributed by atoms with Crippen LogP contribution in [0.25, 0.3) is 22.2 Å². The fourth-order valence-electron chi connectivity index (χ4n) is 5.92. The number of carbonyl (C=O) groups excluding carboxylic acids is 3. The number of benzene rings is 4. The molecular formula is C37H39N5O6S. The zero-order valence-electron chi connectivity index (χ0n) is 27.6. The second-order valence-corrected chi connectivity index (χ2v) is 13.6. The number of amides is 3. The van der Waals surface area contributed by atoms with E-state index in [0.717, 1.165) is 53.3 Å². The third kappa shape index (κ3) is 8.40. The van der Waals surface area contributed by atoms with Gasteiger partial charge in [-0.05, 0) is 60.2 Å². The smallest absolute Gasteiger partial charge is 0.264 e. The predicted octanol–water partition coefficient (Wildman–Crippen LogP) is 5.03. The molecule has 11 nitrogen and oxygen atoms in total. The minimum Gasteiger partial charge on any atom is -0.347 e. The second kappa shape index (κ2) is 15.3. The molecule has 0 aliphatic carbocycles. The Labute approximate surface area is 285 Å². The molecule has 0 saturated carbocycles. The van der Waals surface area contributed by atoms with Gasteiger partial charge in [-0.3, -0.25) is 19.6 Å². The van der Waals surface area contributed by atoms with E-state index in [2.05, 4.69) is 16.8 Å². The fourth-order valence-corrected chi connectivity index (χ4v) is 7.14. The fraction of sp³-hybridized carbons (Fsp3) is 0.243. The summed E-state index contributed by atoms with van der Waals surface area (Å²) >= 11 is 0. The maximum absolute atomic E-state index is 13.6. The van der Waals surface area contributed by atoms with Crippen molar-refractivity contribution in [2.24, 2.45) is 0 Å². The van der Waals surface area contributed by atoms with Crippen LogP contribution in [0.15, 0.2) is 95.9 Å². The Kier molecular flexibility index (Phi) is 10.9. The first-order chi connectivity index (χ1) is 23.5. The number of carbonyl (C=O) groups is 3. The predicted molar refractivity (Wildman–Crippen MR) is 186 cm³/mol. The Hall–Kier alpha value is -5.33. The molecule has 0 radical (unpaired) electrons. The number of nitrogens with zero attached hydrogens (tertiary/aromatic N) is 3. The van der Waals surface area contributed by atoms with Crippen molar-refractivity contribution in [2.75, 3.05) is 6.54 Å². The van der Waals surface area contributed by atoms with E-state index in [9.17, 15) is 28.0 Å². The van der Waals surface area contributed by atoms with Crippen LogP contribution < -0.4 is 10.0 Å². The lowest BCUT2D eigenvalue weighted by Gasteiger charge is -2.22. The van der Waals surface area contributed by atoms with Gasteiger partial charge >= 0.3 is 0 Å². The number of hydrogen-bond acceptors (Lipinski definition) is 7. The van der Waals surface area contributed by atoms with Gasteiger partial charge in [0.2, 0.25) is 12.3 Å². The zero-order chi connectivity index (χ0) is 35.1. The van der Waals surface area contributed by atoms with E-state index in [1.54, 1.807) is 24.3 Å². The van der Waals surface area contributed by atoms with Crippen molar-refractivity contribution in [3.63, 3.8) is 0 Å². The Bertz CT molecular complexity index is 2080. The molecule has 1 heterocycles. The molecule has 12 heteroatoms. The van der Waals surface area contributed by atoms with Crippen molar-refractivity contribution < 1.29 is 28.0 Å². The van der Waals surface area contributed by atoms with Gasteiger partial charge in [0, 0.05) is 31.0 Å². The highest BCUT2D eigenvalue weighted by Crippen LogP contribution is 2.29. The van der Waals surface area contributed by atoms with Crippen molar-refractivity contribution >= 4 is 39.3 Å². The summed E-state index contributed by atoms with van der Waals surface area (Å²) in [6, 6.07) is 26.6. The maximum Gasteiger partial charge on any atom is 0.264 e. The molecule has 1 aromatic heterocycles. The van der Waals surface area contributed by atoms with Gasteiger partial charge < -0.3 is 9.88 Å². The van der Waals surface area contributed by atoms with Crippen LogP contribution in [0, 0.1) is 6.92 Å². The molecule has 1 atom stereocenters. The Morgan fingerprint density at radius 3 is 2.35 bits per heavy atom. The summed E-state index contributed by atoms with van der Waals surface area (Å²) in [6.45, 7) is 5.52. The standard InChI is InChI=1S/C37H39N5O6S/c1-4-10-35-39-36-25(2)19-30(37(45)38-31(23-41(46)24-43)20-27-11-6-5-7-12-27)21-33(36)42(35)22-28-15-17-29(18-16-28)32-13-8-9-14-34(32)49(47,48)40-26(3)44/h5-9,11-19,21,24,31,46H,4,10,20,22-23H2,1-3H3,(H,38,45)(H,40,44)/t31-/m1/s1. The molecule has 3 amide bonds. The number of hydrogen-bond donors (Lipinski definition) is 3. The number of aryl methyl sites for hydroxylation is 2. The molecule has 254 valence electrons. The second-order valence-electron chi connectivity index (χ2n) is 12.0. The topological polar surface area (TPSA) is 151 Å². The number of rotatable bonds is 14. The van der Waals surface area contributed by atoms with Gasteiger partial charge in [0.25, 0.3) is 15.9 Å². The van der Waals surface area contributed by atoms with Gasteiger partial charge in [0.05, 0.1) is 28.5 Å². The van der Waals surface area contributed by atoms with Crippen LogP contribution in [0.2, 0.25) is 0 Å². The van der Waals surface area contributed by atoms with Crippen molar-refractivity contribution in [1.29, 1.82) is 0 Å². The lowest BCUT2D eigenvalue weighted by atomic mass is 10.0. The molecule has 0 spiro atoms. The average Bonchev–Trinajstić information content (AvgIpc) is 3.42. The number of fused-ring (bicyclic) bond motifs is 1. The van der Waals surface area contributed by atoms with Crippen LogP contribution >= 0.6 is 0 Å². The number of imidazole rings is 1. The number of sulfonamides is 1. The molecule has 0 aliphatic heterocycles. The lowest BCUT2D eigenvalue weighted by Crippen LogP contribution is -2.44. The molecule has 4 aromatic carbocycles. The summed E-state index contributed by atoms with van der Waals surface area (Å²) in [7, 11) is -4.05. The summed E-state index contributed by atoms with van der Waals surface area (Å²) < 4.78 is 29.8. The Balaban J connectivity index is 1.45. The van der Waals surface area contributed by atoms with Crippen LogP contribution in [0.3, 0.4) is 0 Å². The molecular weight excluding hydrogens is 643 g/mol. The van der Waals surface area contributed by atoms with Crippen molar-refractivity contribution in [2.45, 2.75) is 57.5 Å². The van der Waals surface area contributed by atoms with E-state index in [0.29, 0.717) is 41.1 Å². The first kappa shape index (κ1) is 35.0. The van der Waals surface area contributed by atoms with Crippen molar-refractivity contribution in [1.82, 2.24) is 24.7 Å². The van der Waals surface area contributed by atoms with Gasteiger partial charge in [-0.1, -0.05) is 79.7 Å². The first-order valence-corrected chi connectivity index (χ1v) is 17.4. The van der Waals surface area contributed by atoms with Gasteiger partial charge in [-0.15, -0.1) is 0 Å². The highest BCUT2D eigenvalue weighted by atomic mass is 32.2. The highest BCUT2D eigenvalue weighted by molar-refractivity contribution is 7.90. The summed E-state index contributed by atoms with van der Waals surface area (Å²) in [5.74, 6) is -0.136. The number of aromatic nitrogens is 2. The van der Waals surface area contributed by atoms with E-state index >= 15 is 0 Å². The zero-order valence-corrected chi connectivity index (χ0v) is 28.4. The van der Waals surface area contributed by atoms with E-state index in [1.807, 2.05) is 72.3 Å². The maximum atomic E-state index is 13.6. The lowest BCUT2D eigenvalue weighted by molar-refractivity contribution is -0.150. The Morgan fingerprint density at radius 1 is 0.980 bits per heavy atom. The molecule has 49 heavy (non-hydrogen) atoms. The summed E-state index contributed by atoms with van der Waals surface area (Å²) in [5.41, 5.74) is 5.88. The quantitative estimate of drug-likeness (QED) is 0.0846. The van der Waals surface area contributed by atoms with Crippen LogP contribution in [-0.2, 0) is 39.0 Å². The summed E-state index contributed by atoms with van der Waals surface area (Å²) in [4.78, 5) is 41.3. The van der Waals surface area contributed by atoms with E-state index in [1.165, 1.54) is 6.07 Å². The monoisotopic (exact) mass is 681 g/mol. The minimum atomic E-state index is -4.05. The molecule has 0 fully saturated rings. The number of hydroxylamine groups is 2. The molecule has 5 rings (SSSR count). The van der Waals surface area contributed by atoms with E-state index in [-0.39, 0.29) is 17.3 Å². The van der Waals surface area contributed by atoms with Crippen molar-refractivity contribution in [3.05, 3.63) is 119 Å². The van der Waals surface area contributed by atoms with Gasteiger partial charge in [0.1, 0.15) is 5.82 Å². The first-order valence-electron chi connectivity index (χ1n) is 16.0. The highest BCUT2D eigenvalue weighted by Gasteiger charge is 2.22. The normalized spacial score (nSPS) is 12.0. The molecule has 0 saturated heterocycles. The summed E-state index contributed by atoms with van der Waals surface area (Å²) in [5, 5.41) is 13.4. The molecule has 3 N–H and O–H groups in total. The van der Waals surface area contributed by atoms with Gasteiger partial charge in [0.15, 0.2) is 0 Å². The molecule has 0 unspecified atom stereocenters. The average molecular weight is 682 g/mol. The van der Waals surface area contributed by atoms with Gasteiger partial charge in [-0.2, -0.15) is 0 Å². The molecule has 5 aromatic rings. The largest absolute Gasteiger partial charge is 0.347 e. The molecule has 0 aliphatic rings. The van der Waals surface area contributed by atoms with Crippen LogP contribution in [0.4, 0.5) is 0 Å². The number of nitrogens with one attached hydrogen (secondary N) is 2. The van der Waals surface area contributed by atoms with Gasteiger partial charge in [-0.25, -0.2) is 23.2 Å². The Morgan fingerprint density at radius 2 is 1.67 bits per heavy atom. The van der Waals surface area contributed by atoms with E-state index < -0.39 is 22.0 Å². The van der Waals surface area contributed by atoms with Crippen molar-refractivity contribution in [3.8, 4) is 11.1 Å². The molecule has 0 bridgehead atoms. The van der Waals surface area contributed by atoms with Crippen LogP contribution in [-0.4, -0.2) is 59.1 Å². The summed E-state index contributed by atoms with van der Waals surface area (Å²) in [6.07, 6.45) is 2.31. The van der Waals surface area contributed by atoms with Crippen LogP contribution in [0.5, 0.6) is 0 Å². The SMILES string of the molecule is CCCc1nc2c(C)cc(C(=O)N[C@H](Cc3ccccc3)CN(O)C=O)cc2n1Cc1ccc(-c2ccccc2S(=O)(=O)NC(C)=O)cc1. The third-order valence-electron chi connectivity index (χ3n) is 8.11. The van der Waals surface area contributed by atoms with E-state index in [4.69, 9.17) is 4.98 Å². The van der Waals surface area contributed by atoms with Crippen LogP contribution in [0.1, 0.15) is 53.1 Å².